The molecule has 2 aliphatic rings. The zero-order valence-electron chi connectivity index (χ0n) is 18.0. The monoisotopic (exact) mass is 444 g/mol. The third-order valence-electron chi connectivity index (χ3n) is 7.46. The molecule has 4 aromatic rings. The van der Waals surface area contributed by atoms with Gasteiger partial charge in [-0.15, -0.1) is 11.3 Å². The number of hydrogen-bond acceptors (Lipinski definition) is 3. The van der Waals surface area contributed by atoms with E-state index >= 15 is 0 Å². The molecule has 32 heavy (non-hydrogen) atoms. The number of nitrogens with zero attached hydrogens (tertiary/aromatic N) is 2. The number of thiophene rings is 1. The molecule has 6 rings (SSSR count). The summed E-state index contributed by atoms with van der Waals surface area (Å²) in [4.78, 5) is 1.06. The number of aliphatic hydroxyl groups excluding tert-OH is 1. The topological polar surface area (TPSA) is 38.0 Å². The van der Waals surface area contributed by atoms with Crippen LogP contribution < -0.4 is 0 Å². The lowest BCUT2D eigenvalue weighted by Gasteiger charge is -2.47. The molecule has 162 valence electrons. The number of aliphatic hydroxyl groups is 1. The first-order chi connectivity index (χ1) is 15.5. The number of halogens is 1. The Morgan fingerprint density at radius 2 is 2.00 bits per heavy atom. The first-order valence-electron chi connectivity index (χ1n) is 11.2. The van der Waals surface area contributed by atoms with Crippen molar-refractivity contribution in [3.63, 3.8) is 0 Å². The summed E-state index contributed by atoms with van der Waals surface area (Å²) >= 11 is 1.71. The molecule has 2 heterocycles. The van der Waals surface area contributed by atoms with Crippen molar-refractivity contribution in [1.29, 1.82) is 0 Å². The summed E-state index contributed by atoms with van der Waals surface area (Å²) in [5.41, 5.74) is 4.44. The molecule has 0 bridgehead atoms. The number of fused-ring (bicyclic) bond motifs is 3. The standard InChI is InChI=1S/C27H25FN2OS/c1-27-15-18-16-29-30(21-11-9-20(28)10-12-21)23(18)14-19(27)6-4-7-22(27)26(31)25-13-17-5-2-3-8-24(17)32-25/h2-3,5,8-14,16,22,26,31H,4,6-7,15H2,1H3/t22?,26-,27+/m1/s1. The van der Waals surface area contributed by atoms with Crippen molar-refractivity contribution in [2.75, 3.05) is 0 Å². The normalized spacial score (nSPS) is 23.5. The average molecular weight is 445 g/mol. The largest absolute Gasteiger partial charge is 0.387 e. The molecule has 1 fully saturated rings. The van der Waals surface area contributed by atoms with Crippen LogP contribution in [0.4, 0.5) is 4.39 Å². The third kappa shape index (κ3) is 3.06. The van der Waals surface area contributed by atoms with Gasteiger partial charge in [-0.3, -0.25) is 0 Å². The quantitative estimate of drug-likeness (QED) is 0.382. The van der Waals surface area contributed by atoms with Crippen LogP contribution in [0, 0.1) is 17.2 Å². The SMILES string of the molecule is C[C@]12Cc3cnn(-c4ccc(F)cc4)c3C=C1CCCC2[C@@H](O)c1cc2ccccc2s1. The van der Waals surface area contributed by atoms with Crippen LogP contribution >= 0.6 is 11.3 Å². The Balaban J connectivity index is 1.37. The highest BCUT2D eigenvalue weighted by atomic mass is 32.1. The van der Waals surface area contributed by atoms with Gasteiger partial charge in [0, 0.05) is 9.58 Å². The summed E-state index contributed by atoms with van der Waals surface area (Å²) < 4.78 is 16.5. The summed E-state index contributed by atoms with van der Waals surface area (Å²) in [7, 11) is 0. The van der Waals surface area contributed by atoms with Crippen LogP contribution in [0.15, 0.2) is 66.4 Å². The summed E-state index contributed by atoms with van der Waals surface area (Å²) in [6.07, 6.45) is 7.74. The van der Waals surface area contributed by atoms with E-state index in [0.29, 0.717) is 0 Å². The van der Waals surface area contributed by atoms with Crippen LogP contribution in [-0.2, 0) is 6.42 Å². The molecule has 2 aromatic carbocycles. The molecule has 5 heteroatoms. The fourth-order valence-electron chi connectivity index (χ4n) is 5.72. The smallest absolute Gasteiger partial charge is 0.123 e. The van der Waals surface area contributed by atoms with Gasteiger partial charge in [-0.2, -0.15) is 5.10 Å². The molecule has 2 aromatic heterocycles. The molecule has 1 unspecified atom stereocenters. The van der Waals surface area contributed by atoms with Crippen LogP contribution in [0.25, 0.3) is 21.8 Å². The number of rotatable bonds is 3. The zero-order chi connectivity index (χ0) is 21.9. The summed E-state index contributed by atoms with van der Waals surface area (Å²) in [6.45, 7) is 2.32. The maximum absolute atomic E-state index is 13.4. The minimum atomic E-state index is -0.477. The Morgan fingerprint density at radius 3 is 2.81 bits per heavy atom. The van der Waals surface area contributed by atoms with E-state index in [2.05, 4.69) is 48.4 Å². The van der Waals surface area contributed by atoms with Crippen molar-refractivity contribution < 1.29 is 9.50 Å². The number of allylic oxidation sites excluding steroid dienone is 1. The van der Waals surface area contributed by atoms with Gasteiger partial charge < -0.3 is 5.11 Å². The molecule has 0 amide bonds. The first kappa shape index (κ1) is 19.9. The maximum atomic E-state index is 13.4. The van der Waals surface area contributed by atoms with Gasteiger partial charge in [0.25, 0.3) is 0 Å². The molecule has 1 N–H and O–H groups in total. The maximum Gasteiger partial charge on any atom is 0.123 e. The van der Waals surface area contributed by atoms with Crippen molar-refractivity contribution in [2.24, 2.45) is 11.3 Å². The van der Waals surface area contributed by atoms with Crippen LogP contribution in [0.1, 0.15) is 48.4 Å². The first-order valence-corrected chi connectivity index (χ1v) is 12.0. The second-order valence-electron chi connectivity index (χ2n) is 9.34. The Morgan fingerprint density at radius 1 is 1.19 bits per heavy atom. The lowest BCUT2D eigenvalue weighted by Crippen LogP contribution is -2.40. The predicted octanol–water partition coefficient (Wildman–Crippen LogP) is 6.71. The Kier molecular flexibility index (Phi) is 4.60. The van der Waals surface area contributed by atoms with Gasteiger partial charge in [0.2, 0.25) is 0 Å². The van der Waals surface area contributed by atoms with Crippen molar-refractivity contribution in [1.82, 2.24) is 9.78 Å². The lowest BCUT2D eigenvalue weighted by molar-refractivity contribution is 0.0240. The van der Waals surface area contributed by atoms with E-state index in [4.69, 9.17) is 0 Å². The minimum Gasteiger partial charge on any atom is -0.387 e. The summed E-state index contributed by atoms with van der Waals surface area (Å²) in [5, 5.41) is 17.4. The highest BCUT2D eigenvalue weighted by Crippen LogP contribution is 2.55. The van der Waals surface area contributed by atoms with Gasteiger partial charge in [-0.1, -0.05) is 30.7 Å². The molecular weight excluding hydrogens is 419 g/mol. The number of benzene rings is 2. The van der Waals surface area contributed by atoms with E-state index in [1.807, 2.05) is 10.9 Å². The minimum absolute atomic E-state index is 0.0997. The fraction of sp³-hybridized carbons (Fsp3) is 0.296. The molecule has 0 saturated heterocycles. The van der Waals surface area contributed by atoms with Crippen LogP contribution in [0.2, 0.25) is 0 Å². The van der Waals surface area contributed by atoms with Crippen LogP contribution in [-0.4, -0.2) is 14.9 Å². The Hall–Kier alpha value is -2.76. The molecule has 0 spiro atoms. The van der Waals surface area contributed by atoms with E-state index in [-0.39, 0.29) is 17.2 Å². The molecule has 0 radical (unpaired) electrons. The van der Waals surface area contributed by atoms with E-state index in [0.717, 1.165) is 41.9 Å². The summed E-state index contributed by atoms with van der Waals surface area (Å²) in [6, 6.07) is 17.0. The van der Waals surface area contributed by atoms with Gasteiger partial charge in [0.15, 0.2) is 0 Å². The van der Waals surface area contributed by atoms with E-state index in [1.165, 1.54) is 33.4 Å². The Bertz CT molecular complexity index is 1300. The second-order valence-corrected chi connectivity index (χ2v) is 10.5. The third-order valence-corrected chi connectivity index (χ3v) is 8.64. The fourth-order valence-corrected chi connectivity index (χ4v) is 6.84. The molecule has 0 aliphatic heterocycles. The van der Waals surface area contributed by atoms with Gasteiger partial charge in [-0.05, 0) is 90.4 Å². The second kappa shape index (κ2) is 7.39. The van der Waals surface area contributed by atoms with E-state index < -0.39 is 6.10 Å². The highest BCUT2D eigenvalue weighted by Gasteiger charge is 2.46. The summed E-state index contributed by atoms with van der Waals surface area (Å²) in [5.74, 6) is -0.0797. The van der Waals surface area contributed by atoms with Gasteiger partial charge in [0.05, 0.1) is 23.7 Å². The molecule has 1 saturated carbocycles. The lowest BCUT2D eigenvalue weighted by atomic mass is 9.58. The highest BCUT2D eigenvalue weighted by molar-refractivity contribution is 7.19. The van der Waals surface area contributed by atoms with Crippen molar-refractivity contribution in [2.45, 2.75) is 38.7 Å². The number of aromatic nitrogens is 2. The molecule has 3 nitrogen and oxygen atoms in total. The zero-order valence-corrected chi connectivity index (χ0v) is 18.8. The van der Waals surface area contributed by atoms with Crippen molar-refractivity contribution in [3.8, 4) is 5.69 Å². The van der Waals surface area contributed by atoms with Crippen molar-refractivity contribution >= 4 is 27.5 Å². The Labute approximate surface area is 190 Å². The van der Waals surface area contributed by atoms with Gasteiger partial charge >= 0.3 is 0 Å². The molecule has 3 atom stereocenters. The average Bonchev–Trinajstić information content (AvgIpc) is 3.41. The van der Waals surface area contributed by atoms with Crippen LogP contribution in [0.3, 0.4) is 0 Å². The van der Waals surface area contributed by atoms with Crippen LogP contribution in [0.5, 0.6) is 0 Å². The van der Waals surface area contributed by atoms with Crippen molar-refractivity contribution in [3.05, 3.63) is 88.3 Å². The van der Waals surface area contributed by atoms with Gasteiger partial charge in [0.1, 0.15) is 5.82 Å². The van der Waals surface area contributed by atoms with Gasteiger partial charge in [-0.25, -0.2) is 9.07 Å². The molecular formula is C27H25FN2OS. The van der Waals surface area contributed by atoms with E-state index in [9.17, 15) is 9.50 Å². The van der Waals surface area contributed by atoms with E-state index in [1.54, 1.807) is 23.5 Å². The number of hydrogen-bond donors (Lipinski definition) is 1. The molecule has 2 aliphatic carbocycles. The predicted molar refractivity (Wildman–Crippen MR) is 127 cm³/mol.